The van der Waals surface area contributed by atoms with Gasteiger partial charge in [-0.25, -0.2) is 5.43 Å². The second-order valence-electron chi connectivity index (χ2n) is 3.29. The zero-order chi connectivity index (χ0) is 10.6. The van der Waals surface area contributed by atoms with Gasteiger partial charge in [0.05, 0.1) is 12.1 Å². The van der Waals surface area contributed by atoms with Crippen molar-refractivity contribution in [2.24, 2.45) is 5.84 Å². The van der Waals surface area contributed by atoms with Gasteiger partial charge in [0.25, 0.3) is 0 Å². The van der Waals surface area contributed by atoms with Crippen molar-refractivity contribution >= 4 is 11.3 Å². The molecule has 3 nitrogen and oxygen atoms in total. The van der Waals surface area contributed by atoms with Crippen LogP contribution in [0.1, 0.15) is 29.8 Å². The first-order valence-electron chi connectivity index (χ1n) is 4.77. The van der Waals surface area contributed by atoms with Gasteiger partial charge in [-0.05, 0) is 30.4 Å². The van der Waals surface area contributed by atoms with Crippen LogP contribution in [-0.2, 0) is 4.74 Å². The summed E-state index contributed by atoms with van der Waals surface area (Å²) in [6, 6.07) is 2.21. The van der Waals surface area contributed by atoms with E-state index >= 15 is 0 Å². The van der Waals surface area contributed by atoms with Gasteiger partial charge >= 0.3 is 0 Å². The third-order valence-corrected chi connectivity index (χ3v) is 3.54. The summed E-state index contributed by atoms with van der Waals surface area (Å²) in [5.74, 6) is 5.56. The summed E-state index contributed by atoms with van der Waals surface area (Å²) in [7, 11) is 1.72. The minimum Gasteiger partial charge on any atom is -0.379 e. The van der Waals surface area contributed by atoms with Crippen LogP contribution >= 0.6 is 11.3 Å². The maximum absolute atomic E-state index is 5.56. The summed E-state index contributed by atoms with van der Waals surface area (Å²) in [5.41, 5.74) is 4.10. The average molecular weight is 214 g/mol. The molecule has 0 amide bonds. The van der Waals surface area contributed by atoms with Gasteiger partial charge in [-0.3, -0.25) is 5.84 Å². The largest absolute Gasteiger partial charge is 0.379 e. The highest BCUT2D eigenvalue weighted by Gasteiger charge is 2.22. The Kier molecular flexibility index (Phi) is 4.54. The number of aryl methyl sites for hydroxylation is 1. The topological polar surface area (TPSA) is 47.3 Å². The minimum absolute atomic E-state index is 0.102. The van der Waals surface area contributed by atoms with Crippen molar-refractivity contribution in [3.63, 3.8) is 0 Å². The summed E-state index contributed by atoms with van der Waals surface area (Å²) < 4.78 is 5.40. The minimum atomic E-state index is 0.102. The van der Waals surface area contributed by atoms with Gasteiger partial charge in [-0.15, -0.1) is 11.3 Å². The van der Waals surface area contributed by atoms with Crippen LogP contribution in [0.25, 0.3) is 0 Å². The predicted octanol–water partition coefficient (Wildman–Crippen LogP) is 1.99. The van der Waals surface area contributed by atoms with Crippen LogP contribution in [0.3, 0.4) is 0 Å². The Bertz CT molecular complexity index is 271. The van der Waals surface area contributed by atoms with Crippen molar-refractivity contribution in [1.82, 2.24) is 5.43 Å². The smallest absolute Gasteiger partial charge is 0.0817 e. The molecule has 1 heterocycles. The van der Waals surface area contributed by atoms with Crippen molar-refractivity contribution in [2.75, 3.05) is 7.11 Å². The number of nitrogens with one attached hydrogen (secondary N) is 1. The highest BCUT2D eigenvalue weighted by Crippen LogP contribution is 2.28. The molecule has 1 rings (SSSR count). The fourth-order valence-electron chi connectivity index (χ4n) is 1.59. The van der Waals surface area contributed by atoms with E-state index in [9.17, 15) is 0 Å². The molecule has 0 saturated carbocycles. The lowest BCUT2D eigenvalue weighted by atomic mass is 10.1. The van der Waals surface area contributed by atoms with Crippen molar-refractivity contribution in [2.45, 2.75) is 32.4 Å². The first-order valence-corrected chi connectivity index (χ1v) is 5.65. The normalized spacial score (nSPS) is 15.4. The summed E-state index contributed by atoms with van der Waals surface area (Å²) >= 11 is 1.72. The number of hydrogen-bond donors (Lipinski definition) is 2. The Morgan fingerprint density at radius 1 is 1.64 bits per heavy atom. The molecule has 80 valence electrons. The lowest BCUT2D eigenvalue weighted by Crippen LogP contribution is -2.37. The molecule has 0 radical (unpaired) electrons. The highest BCUT2D eigenvalue weighted by molar-refractivity contribution is 7.10. The molecule has 4 heteroatoms. The van der Waals surface area contributed by atoms with Crippen molar-refractivity contribution in [3.8, 4) is 0 Å². The van der Waals surface area contributed by atoms with Crippen molar-refractivity contribution in [1.29, 1.82) is 0 Å². The van der Waals surface area contributed by atoms with Crippen LogP contribution in [0.5, 0.6) is 0 Å². The van der Waals surface area contributed by atoms with Crippen LogP contribution in [0.15, 0.2) is 11.4 Å². The Morgan fingerprint density at radius 2 is 2.36 bits per heavy atom. The molecular weight excluding hydrogens is 196 g/mol. The maximum Gasteiger partial charge on any atom is 0.0817 e. The van der Waals surface area contributed by atoms with E-state index in [1.807, 2.05) is 0 Å². The van der Waals surface area contributed by atoms with Crippen LogP contribution in [0.4, 0.5) is 0 Å². The molecule has 0 saturated heterocycles. The Morgan fingerprint density at radius 3 is 2.71 bits per heavy atom. The average Bonchev–Trinajstić information content (AvgIpc) is 2.61. The van der Waals surface area contributed by atoms with Gasteiger partial charge in [0.15, 0.2) is 0 Å². The SMILES string of the molecule is CCC(OC)C(NN)c1sccc1C. The van der Waals surface area contributed by atoms with Gasteiger partial charge in [-0.2, -0.15) is 0 Å². The fraction of sp³-hybridized carbons (Fsp3) is 0.600. The molecule has 0 fully saturated rings. The Balaban J connectivity index is 2.86. The number of hydrogen-bond acceptors (Lipinski definition) is 4. The van der Waals surface area contributed by atoms with Gasteiger partial charge in [0.1, 0.15) is 0 Å². The van der Waals surface area contributed by atoms with Gasteiger partial charge in [0, 0.05) is 12.0 Å². The van der Waals surface area contributed by atoms with E-state index in [-0.39, 0.29) is 12.1 Å². The van der Waals surface area contributed by atoms with E-state index in [0.717, 1.165) is 6.42 Å². The number of thiophene rings is 1. The second-order valence-corrected chi connectivity index (χ2v) is 4.24. The zero-order valence-electron chi connectivity index (χ0n) is 8.91. The molecule has 1 aromatic rings. The Labute approximate surface area is 89.2 Å². The van der Waals surface area contributed by atoms with Crippen LogP contribution < -0.4 is 11.3 Å². The quantitative estimate of drug-likeness (QED) is 0.582. The molecule has 0 bridgehead atoms. The maximum atomic E-state index is 5.56. The van der Waals surface area contributed by atoms with Crippen molar-refractivity contribution in [3.05, 3.63) is 21.9 Å². The molecule has 0 spiro atoms. The zero-order valence-corrected chi connectivity index (χ0v) is 9.73. The van der Waals surface area contributed by atoms with E-state index in [1.54, 1.807) is 18.4 Å². The van der Waals surface area contributed by atoms with E-state index < -0.39 is 0 Å². The molecule has 0 aliphatic heterocycles. The molecule has 2 atom stereocenters. The summed E-state index contributed by atoms with van der Waals surface area (Å²) in [6.45, 7) is 4.19. The van der Waals surface area contributed by atoms with E-state index in [4.69, 9.17) is 10.6 Å². The number of nitrogens with two attached hydrogens (primary N) is 1. The summed E-state index contributed by atoms with van der Waals surface area (Å²) in [5, 5.41) is 2.08. The molecule has 14 heavy (non-hydrogen) atoms. The number of methoxy groups -OCH3 is 1. The van der Waals surface area contributed by atoms with Crippen molar-refractivity contribution < 1.29 is 4.74 Å². The number of hydrazine groups is 1. The van der Waals surface area contributed by atoms with Gasteiger partial charge in [-0.1, -0.05) is 6.92 Å². The van der Waals surface area contributed by atoms with Crippen LogP contribution in [-0.4, -0.2) is 13.2 Å². The van der Waals surface area contributed by atoms with Crippen LogP contribution in [0.2, 0.25) is 0 Å². The third kappa shape index (κ3) is 2.33. The highest BCUT2D eigenvalue weighted by atomic mass is 32.1. The molecule has 2 unspecified atom stereocenters. The molecule has 0 aliphatic rings. The predicted molar refractivity (Wildman–Crippen MR) is 60.2 cm³/mol. The molecule has 0 aromatic carbocycles. The molecule has 0 aliphatic carbocycles. The monoisotopic (exact) mass is 214 g/mol. The first-order chi connectivity index (χ1) is 6.74. The lowest BCUT2D eigenvalue weighted by molar-refractivity contribution is 0.0660. The van der Waals surface area contributed by atoms with E-state index in [0.29, 0.717) is 0 Å². The number of rotatable bonds is 5. The van der Waals surface area contributed by atoms with E-state index in [1.165, 1.54) is 10.4 Å². The third-order valence-electron chi connectivity index (χ3n) is 2.44. The first kappa shape index (κ1) is 11.7. The molecular formula is C10H18N2OS. The van der Waals surface area contributed by atoms with Gasteiger partial charge in [0.2, 0.25) is 0 Å². The van der Waals surface area contributed by atoms with Gasteiger partial charge < -0.3 is 4.74 Å². The molecule has 3 N–H and O–H groups in total. The fourth-order valence-corrected chi connectivity index (χ4v) is 2.63. The number of ether oxygens (including phenoxy) is 1. The lowest BCUT2D eigenvalue weighted by Gasteiger charge is -2.24. The molecule has 1 aromatic heterocycles. The second kappa shape index (κ2) is 5.46. The van der Waals surface area contributed by atoms with Crippen LogP contribution in [0, 0.1) is 6.92 Å². The summed E-state index contributed by atoms with van der Waals surface area (Å²) in [6.07, 6.45) is 1.08. The summed E-state index contributed by atoms with van der Waals surface area (Å²) in [4.78, 5) is 1.27. The standard InChI is InChI=1S/C10H18N2OS/c1-4-8(13-3)9(12-11)10-7(2)5-6-14-10/h5-6,8-9,12H,4,11H2,1-3H3. The Hall–Kier alpha value is -0.420. The van der Waals surface area contributed by atoms with E-state index in [2.05, 4.69) is 30.7 Å².